The van der Waals surface area contributed by atoms with Crippen LogP contribution in [-0.4, -0.2) is 48.2 Å². The van der Waals surface area contributed by atoms with Crippen LogP contribution in [-0.2, 0) is 4.79 Å². The van der Waals surface area contributed by atoms with Gasteiger partial charge in [-0.15, -0.1) is 0 Å². The van der Waals surface area contributed by atoms with Crippen LogP contribution >= 0.6 is 0 Å². The van der Waals surface area contributed by atoms with E-state index >= 15 is 0 Å². The molecule has 1 N–H and O–H groups in total. The summed E-state index contributed by atoms with van der Waals surface area (Å²) in [6, 6.07) is 4.03. The first kappa shape index (κ1) is 13.7. The number of rotatable bonds is 3. The molecule has 4 nitrogen and oxygen atoms in total. The minimum absolute atomic E-state index is 0.0350. The van der Waals surface area contributed by atoms with Gasteiger partial charge in [-0.05, 0) is 24.6 Å². The molecule has 1 aliphatic rings. The van der Waals surface area contributed by atoms with Gasteiger partial charge in [0.1, 0.15) is 0 Å². The van der Waals surface area contributed by atoms with Gasteiger partial charge in [-0.1, -0.05) is 12.1 Å². The van der Waals surface area contributed by atoms with Crippen molar-refractivity contribution in [1.29, 1.82) is 0 Å². The minimum atomic E-state index is -3.78. The number of nitrogens with zero attached hydrogens (tertiary/aromatic N) is 2. The number of hydrogen-bond donors (Lipinski definition) is 1. The zero-order chi connectivity index (χ0) is 14.0. The fraction of sp³-hybridized carbons (Fsp3) is 0.462. The number of benzene rings is 1. The lowest BCUT2D eigenvalue weighted by Gasteiger charge is -2.38. The van der Waals surface area contributed by atoms with Crippen LogP contribution in [0.25, 0.3) is 0 Å². The molecule has 0 aromatic heterocycles. The number of aryl methyl sites for hydroxylation is 1. The lowest BCUT2D eigenvalue weighted by atomic mass is 10.2. The molecule has 1 aliphatic heterocycles. The predicted molar refractivity (Wildman–Crippen MR) is 67.5 cm³/mol. The van der Waals surface area contributed by atoms with Crippen LogP contribution in [0.4, 0.5) is 14.5 Å². The van der Waals surface area contributed by atoms with Gasteiger partial charge in [0.15, 0.2) is 0 Å². The van der Waals surface area contributed by atoms with E-state index in [2.05, 4.69) is 0 Å². The van der Waals surface area contributed by atoms with Crippen molar-refractivity contribution >= 4 is 11.7 Å². The van der Waals surface area contributed by atoms with E-state index in [0.29, 0.717) is 18.0 Å². The molecule has 1 aromatic carbocycles. The molecule has 1 aromatic rings. The zero-order valence-corrected chi connectivity index (χ0v) is 10.6. The third-order valence-electron chi connectivity index (χ3n) is 3.30. The number of anilines is 1. The Morgan fingerprint density at radius 2 is 1.89 bits per heavy atom. The summed E-state index contributed by atoms with van der Waals surface area (Å²) in [4.78, 5) is 13.2. The van der Waals surface area contributed by atoms with E-state index in [-0.39, 0.29) is 13.1 Å². The fourth-order valence-electron chi connectivity index (χ4n) is 2.21. The minimum Gasteiger partial charge on any atom is -0.476 e. The van der Waals surface area contributed by atoms with E-state index in [1.165, 1.54) is 0 Å². The highest BCUT2D eigenvalue weighted by Gasteiger charge is 2.46. The van der Waals surface area contributed by atoms with E-state index in [9.17, 15) is 13.6 Å². The normalized spacial score (nSPS) is 17.5. The lowest BCUT2D eigenvalue weighted by molar-refractivity contribution is -0.197. The van der Waals surface area contributed by atoms with Gasteiger partial charge >= 0.3 is 12.0 Å². The smallest absolute Gasteiger partial charge is 0.402 e. The van der Waals surface area contributed by atoms with Crippen LogP contribution in [0.5, 0.6) is 0 Å². The van der Waals surface area contributed by atoms with Gasteiger partial charge in [0, 0.05) is 31.9 Å². The SMILES string of the molecule is Cc1cccc(N2CCN(C(F)(F)C(=O)O)CC2)c1. The Kier molecular flexibility index (Phi) is 3.71. The van der Waals surface area contributed by atoms with Crippen LogP contribution in [0.1, 0.15) is 5.56 Å². The summed E-state index contributed by atoms with van der Waals surface area (Å²) in [6.07, 6.45) is 0. The maximum Gasteiger partial charge on any atom is 0.402 e. The molecule has 0 radical (unpaired) electrons. The van der Waals surface area contributed by atoms with Gasteiger partial charge in [0.05, 0.1) is 0 Å². The number of alkyl halides is 2. The highest BCUT2D eigenvalue weighted by atomic mass is 19.3. The molecule has 1 heterocycles. The van der Waals surface area contributed by atoms with E-state index in [4.69, 9.17) is 5.11 Å². The van der Waals surface area contributed by atoms with Crippen molar-refractivity contribution in [3.63, 3.8) is 0 Å². The molecule has 0 spiro atoms. The Balaban J connectivity index is 2.02. The number of piperazine rings is 1. The number of carboxylic acids is 1. The van der Waals surface area contributed by atoms with Crippen molar-refractivity contribution in [2.24, 2.45) is 0 Å². The maximum atomic E-state index is 13.3. The van der Waals surface area contributed by atoms with Crippen molar-refractivity contribution < 1.29 is 18.7 Å². The summed E-state index contributed by atoms with van der Waals surface area (Å²) in [5.74, 6) is -2.09. The van der Waals surface area contributed by atoms with E-state index in [1.54, 1.807) is 0 Å². The lowest BCUT2D eigenvalue weighted by Crippen LogP contribution is -2.56. The second-order valence-corrected chi connectivity index (χ2v) is 4.66. The second-order valence-electron chi connectivity index (χ2n) is 4.66. The first-order chi connectivity index (χ1) is 8.91. The maximum absolute atomic E-state index is 13.3. The van der Waals surface area contributed by atoms with Crippen LogP contribution in [0.2, 0.25) is 0 Å². The molecule has 0 saturated carbocycles. The molecule has 0 amide bonds. The highest BCUT2D eigenvalue weighted by molar-refractivity contribution is 5.74. The van der Waals surface area contributed by atoms with Crippen LogP contribution in [0.3, 0.4) is 0 Å². The van der Waals surface area contributed by atoms with Gasteiger partial charge in [0.25, 0.3) is 0 Å². The number of hydrogen-bond acceptors (Lipinski definition) is 3. The Bertz CT molecular complexity index is 471. The molecular weight excluding hydrogens is 254 g/mol. The first-order valence-corrected chi connectivity index (χ1v) is 6.09. The third-order valence-corrected chi connectivity index (χ3v) is 3.30. The number of carbonyl (C=O) groups is 1. The van der Waals surface area contributed by atoms with E-state index in [0.717, 1.165) is 11.3 Å². The molecule has 0 atom stereocenters. The first-order valence-electron chi connectivity index (χ1n) is 6.09. The molecule has 0 aliphatic carbocycles. The quantitative estimate of drug-likeness (QED) is 0.851. The van der Waals surface area contributed by atoms with Crippen LogP contribution in [0, 0.1) is 6.92 Å². The molecule has 0 bridgehead atoms. The molecule has 0 unspecified atom stereocenters. The summed E-state index contributed by atoms with van der Waals surface area (Å²) in [6.45, 7) is 2.83. The second kappa shape index (κ2) is 5.13. The number of aliphatic carboxylic acids is 1. The molecule has 1 fully saturated rings. The molecule has 2 rings (SSSR count). The Morgan fingerprint density at radius 3 is 2.42 bits per heavy atom. The van der Waals surface area contributed by atoms with Gasteiger partial charge in [-0.25, -0.2) is 9.69 Å². The summed E-state index contributed by atoms with van der Waals surface area (Å²) in [7, 11) is 0. The zero-order valence-electron chi connectivity index (χ0n) is 10.6. The van der Waals surface area contributed by atoms with Crippen molar-refractivity contribution in [3.05, 3.63) is 29.8 Å². The molecule has 6 heteroatoms. The van der Waals surface area contributed by atoms with E-state index < -0.39 is 12.0 Å². The standard InChI is InChI=1S/C13H16F2N2O2/c1-10-3-2-4-11(9-10)16-5-7-17(8-6-16)13(14,15)12(18)19/h2-4,9H,5-8H2,1H3,(H,18,19). The van der Waals surface area contributed by atoms with Gasteiger partial charge in [0.2, 0.25) is 0 Å². The van der Waals surface area contributed by atoms with Crippen molar-refractivity contribution in [2.75, 3.05) is 31.1 Å². The van der Waals surface area contributed by atoms with Crippen LogP contribution in [0.15, 0.2) is 24.3 Å². The summed E-state index contributed by atoms with van der Waals surface area (Å²) >= 11 is 0. The molecule has 19 heavy (non-hydrogen) atoms. The Morgan fingerprint density at radius 1 is 1.26 bits per heavy atom. The average Bonchev–Trinajstić information content (AvgIpc) is 2.38. The van der Waals surface area contributed by atoms with Crippen LogP contribution < -0.4 is 4.90 Å². The molecule has 104 valence electrons. The molecule has 1 saturated heterocycles. The number of carboxylic acid groups (broad SMARTS) is 1. The van der Waals surface area contributed by atoms with Gasteiger partial charge < -0.3 is 10.0 Å². The van der Waals surface area contributed by atoms with Crippen molar-refractivity contribution in [1.82, 2.24) is 4.90 Å². The Hall–Kier alpha value is -1.69. The third kappa shape index (κ3) is 2.84. The summed E-state index contributed by atoms with van der Waals surface area (Å²) < 4.78 is 26.7. The Labute approximate surface area is 110 Å². The van der Waals surface area contributed by atoms with Gasteiger partial charge in [-0.2, -0.15) is 8.78 Å². The largest absolute Gasteiger partial charge is 0.476 e. The van der Waals surface area contributed by atoms with Crippen molar-refractivity contribution in [2.45, 2.75) is 13.0 Å². The highest BCUT2D eigenvalue weighted by Crippen LogP contribution is 2.24. The monoisotopic (exact) mass is 270 g/mol. The topological polar surface area (TPSA) is 43.8 Å². The fourth-order valence-corrected chi connectivity index (χ4v) is 2.21. The number of halogens is 2. The summed E-state index contributed by atoms with van der Waals surface area (Å²) in [5, 5.41) is 8.51. The van der Waals surface area contributed by atoms with Crippen molar-refractivity contribution in [3.8, 4) is 0 Å². The average molecular weight is 270 g/mol. The van der Waals surface area contributed by atoms with Gasteiger partial charge in [-0.3, -0.25) is 0 Å². The predicted octanol–water partition coefficient (Wildman–Crippen LogP) is 1.79. The molecular formula is C13H16F2N2O2. The summed E-state index contributed by atoms with van der Waals surface area (Å²) in [5.41, 5.74) is 2.09. The van der Waals surface area contributed by atoms with E-state index in [1.807, 2.05) is 36.1 Å².